The molecule has 2 amide bonds. The Hall–Kier alpha value is -2.12. The van der Waals surface area contributed by atoms with Crippen LogP contribution in [0.1, 0.15) is 31.4 Å². The van der Waals surface area contributed by atoms with Gasteiger partial charge in [-0.05, 0) is 12.5 Å². The summed E-state index contributed by atoms with van der Waals surface area (Å²) in [5, 5.41) is 6.06. The van der Waals surface area contributed by atoms with Gasteiger partial charge >= 0.3 is 0 Å². The van der Waals surface area contributed by atoms with E-state index in [-0.39, 0.29) is 17.9 Å². The molecule has 0 aromatic heterocycles. The van der Waals surface area contributed by atoms with E-state index in [1.807, 2.05) is 31.2 Å². The number of benzene rings is 1. The summed E-state index contributed by atoms with van der Waals surface area (Å²) in [5.41, 5.74) is 1.06. The largest absolute Gasteiger partial charge is 0.493 e. The van der Waals surface area contributed by atoms with Crippen LogP contribution in [0.3, 0.4) is 0 Å². The van der Waals surface area contributed by atoms with Crippen LogP contribution >= 0.6 is 0 Å². The quantitative estimate of drug-likeness (QED) is 0.738. The van der Waals surface area contributed by atoms with Crippen molar-refractivity contribution in [2.24, 2.45) is 0 Å². The van der Waals surface area contributed by atoms with E-state index < -0.39 is 0 Å². The highest BCUT2D eigenvalue weighted by atomic mass is 16.5. The summed E-state index contributed by atoms with van der Waals surface area (Å²) < 4.78 is 5.65. The number of carbonyl (C=O) groups excluding carboxylic acids is 2. The van der Waals surface area contributed by atoms with Crippen LogP contribution < -0.4 is 15.4 Å². The predicted molar refractivity (Wildman–Crippen MR) is 104 cm³/mol. The summed E-state index contributed by atoms with van der Waals surface area (Å²) in [5.74, 6) is 0.996. The third-order valence-electron chi connectivity index (χ3n) is 5.07. The Morgan fingerprint density at radius 3 is 2.44 bits per heavy atom. The summed E-state index contributed by atoms with van der Waals surface area (Å²) in [6.45, 7) is 7.48. The van der Waals surface area contributed by atoms with Crippen molar-refractivity contribution >= 4 is 11.8 Å². The lowest BCUT2D eigenvalue weighted by Gasteiger charge is -2.34. The van der Waals surface area contributed by atoms with Gasteiger partial charge in [-0.1, -0.05) is 25.1 Å². The lowest BCUT2D eigenvalue weighted by Crippen LogP contribution is -2.51. The van der Waals surface area contributed by atoms with Gasteiger partial charge in [-0.3, -0.25) is 19.4 Å². The summed E-state index contributed by atoms with van der Waals surface area (Å²) in [7, 11) is 0. The highest BCUT2D eigenvalue weighted by molar-refractivity contribution is 5.79. The van der Waals surface area contributed by atoms with E-state index in [9.17, 15) is 9.59 Å². The molecular weight excluding hydrogens is 344 g/mol. The molecular formula is C20H30N4O3. The molecule has 2 N–H and O–H groups in total. The van der Waals surface area contributed by atoms with Crippen molar-refractivity contribution in [2.75, 3.05) is 52.4 Å². The van der Waals surface area contributed by atoms with Gasteiger partial charge in [-0.25, -0.2) is 0 Å². The molecule has 2 aliphatic rings. The Morgan fingerprint density at radius 1 is 1.07 bits per heavy atom. The zero-order chi connectivity index (χ0) is 19.1. The molecule has 1 saturated heterocycles. The summed E-state index contributed by atoms with van der Waals surface area (Å²) >= 11 is 0. The molecule has 27 heavy (non-hydrogen) atoms. The van der Waals surface area contributed by atoms with Crippen LogP contribution in [0.15, 0.2) is 24.3 Å². The van der Waals surface area contributed by atoms with E-state index in [4.69, 9.17) is 4.74 Å². The number of ether oxygens (including phenoxy) is 1. The molecule has 0 saturated carbocycles. The van der Waals surface area contributed by atoms with E-state index in [0.29, 0.717) is 19.7 Å². The number of nitrogens with one attached hydrogen (secondary N) is 2. The summed E-state index contributed by atoms with van der Waals surface area (Å²) in [6, 6.07) is 7.91. The van der Waals surface area contributed by atoms with Crippen LogP contribution in [0.5, 0.6) is 5.75 Å². The minimum Gasteiger partial charge on any atom is -0.493 e. The van der Waals surface area contributed by atoms with Crippen LogP contribution in [0.25, 0.3) is 0 Å². The zero-order valence-corrected chi connectivity index (χ0v) is 16.1. The van der Waals surface area contributed by atoms with E-state index in [2.05, 4.69) is 20.4 Å². The molecule has 7 heteroatoms. The van der Waals surface area contributed by atoms with Gasteiger partial charge in [0, 0.05) is 44.7 Å². The van der Waals surface area contributed by atoms with E-state index in [0.717, 1.165) is 56.9 Å². The number of hydrogen-bond donors (Lipinski definition) is 2. The van der Waals surface area contributed by atoms with Gasteiger partial charge in [0.1, 0.15) is 5.75 Å². The monoisotopic (exact) mass is 374 g/mol. The second kappa shape index (κ2) is 9.71. The standard InChI is InChI=1S/C20H30N4O3/c1-2-8-21-19(25)14-23-9-11-24(12-10-23)15-20(26)22-17-7-13-27-18-6-4-3-5-16(17)18/h3-6,17H,2,7-15H2,1H3,(H,21,25)(H,22,26). The first-order valence-corrected chi connectivity index (χ1v) is 9.88. The van der Waals surface area contributed by atoms with Crippen molar-refractivity contribution in [3.8, 4) is 5.75 Å². The maximum Gasteiger partial charge on any atom is 0.234 e. The first-order chi connectivity index (χ1) is 13.2. The fourth-order valence-corrected chi connectivity index (χ4v) is 3.56. The van der Waals surface area contributed by atoms with Crippen molar-refractivity contribution in [3.05, 3.63) is 29.8 Å². The average molecular weight is 374 g/mol. The number of rotatable bonds is 7. The smallest absolute Gasteiger partial charge is 0.234 e. The minimum atomic E-state index is 0.0194. The third-order valence-corrected chi connectivity index (χ3v) is 5.07. The number of carbonyl (C=O) groups is 2. The molecule has 7 nitrogen and oxygen atoms in total. The van der Waals surface area contributed by atoms with E-state index >= 15 is 0 Å². The molecule has 3 rings (SSSR count). The topological polar surface area (TPSA) is 73.9 Å². The van der Waals surface area contributed by atoms with Gasteiger partial charge < -0.3 is 15.4 Å². The zero-order valence-electron chi connectivity index (χ0n) is 16.1. The highest BCUT2D eigenvalue weighted by Gasteiger charge is 2.25. The van der Waals surface area contributed by atoms with Crippen molar-refractivity contribution < 1.29 is 14.3 Å². The van der Waals surface area contributed by atoms with Crippen LogP contribution in [-0.4, -0.2) is 74.0 Å². The number of fused-ring (bicyclic) bond motifs is 1. The molecule has 1 unspecified atom stereocenters. The molecule has 0 bridgehead atoms. The second-order valence-corrected chi connectivity index (χ2v) is 7.20. The maximum atomic E-state index is 12.5. The minimum absolute atomic E-state index is 0.0194. The fraction of sp³-hybridized carbons (Fsp3) is 0.600. The van der Waals surface area contributed by atoms with E-state index in [1.54, 1.807) is 0 Å². The van der Waals surface area contributed by atoms with Crippen LogP contribution in [0, 0.1) is 0 Å². The molecule has 2 aliphatic heterocycles. The number of nitrogens with zero attached hydrogens (tertiary/aromatic N) is 2. The molecule has 148 valence electrons. The predicted octanol–water partition coefficient (Wildman–Crippen LogP) is 0.770. The van der Waals surface area contributed by atoms with Crippen LogP contribution in [0.4, 0.5) is 0 Å². The Balaban J connectivity index is 1.41. The number of piperazine rings is 1. The lowest BCUT2D eigenvalue weighted by atomic mass is 10.0. The molecule has 2 heterocycles. The number of hydrogen-bond acceptors (Lipinski definition) is 5. The maximum absolute atomic E-state index is 12.5. The Kier molecular flexibility index (Phi) is 7.06. The Labute approximate surface area is 161 Å². The first kappa shape index (κ1) is 19.6. The lowest BCUT2D eigenvalue weighted by molar-refractivity contribution is -0.125. The Morgan fingerprint density at radius 2 is 1.74 bits per heavy atom. The normalized spacial score (nSPS) is 20.4. The SMILES string of the molecule is CCCNC(=O)CN1CCN(CC(=O)NC2CCOc3ccccc32)CC1. The van der Waals surface area contributed by atoms with Gasteiger partial charge in [0.05, 0.1) is 25.7 Å². The third kappa shape index (κ3) is 5.68. The van der Waals surface area contributed by atoms with Crippen LogP contribution in [-0.2, 0) is 9.59 Å². The Bertz CT molecular complexity index is 644. The molecule has 1 aromatic carbocycles. The van der Waals surface area contributed by atoms with Gasteiger partial charge in [0.2, 0.25) is 11.8 Å². The molecule has 1 atom stereocenters. The summed E-state index contributed by atoms with van der Waals surface area (Å²) in [6.07, 6.45) is 1.75. The van der Waals surface area contributed by atoms with Gasteiger partial charge in [-0.15, -0.1) is 0 Å². The summed E-state index contributed by atoms with van der Waals surface area (Å²) in [4.78, 5) is 28.6. The number of amides is 2. The fourth-order valence-electron chi connectivity index (χ4n) is 3.56. The van der Waals surface area contributed by atoms with Crippen molar-refractivity contribution in [2.45, 2.75) is 25.8 Å². The van der Waals surface area contributed by atoms with Gasteiger partial charge in [0.15, 0.2) is 0 Å². The second-order valence-electron chi connectivity index (χ2n) is 7.20. The van der Waals surface area contributed by atoms with Crippen LogP contribution in [0.2, 0.25) is 0 Å². The van der Waals surface area contributed by atoms with Crippen molar-refractivity contribution in [3.63, 3.8) is 0 Å². The molecule has 0 aliphatic carbocycles. The molecule has 1 aromatic rings. The average Bonchev–Trinajstić information content (AvgIpc) is 2.68. The number of para-hydroxylation sites is 1. The van der Waals surface area contributed by atoms with Gasteiger partial charge in [-0.2, -0.15) is 0 Å². The molecule has 0 spiro atoms. The van der Waals surface area contributed by atoms with Gasteiger partial charge in [0.25, 0.3) is 0 Å². The van der Waals surface area contributed by atoms with E-state index in [1.165, 1.54) is 0 Å². The first-order valence-electron chi connectivity index (χ1n) is 9.88. The van der Waals surface area contributed by atoms with Crippen molar-refractivity contribution in [1.29, 1.82) is 0 Å². The highest BCUT2D eigenvalue weighted by Crippen LogP contribution is 2.31. The molecule has 0 radical (unpaired) electrons. The van der Waals surface area contributed by atoms with Crippen molar-refractivity contribution in [1.82, 2.24) is 20.4 Å². The molecule has 1 fully saturated rings.